The predicted octanol–water partition coefficient (Wildman–Crippen LogP) is 5.88. The monoisotopic (exact) mass is 541 g/mol. The van der Waals surface area contributed by atoms with Crippen LogP contribution in [0.1, 0.15) is 28.7 Å². The van der Waals surface area contributed by atoms with E-state index < -0.39 is 12.0 Å². The molecule has 2 atom stereocenters. The van der Waals surface area contributed by atoms with Gasteiger partial charge >= 0.3 is 0 Å². The summed E-state index contributed by atoms with van der Waals surface area (Å²) in [6.07, 6.45) is 0. The molecule has 0 saturated carbocycles. The number of carbonyl (C=O) groups excluding carboxylic acids is 1. The molecule has 1 amide bonds. The topological polar surface area (TPSA) is 86.7 Å². The lowest BCUT2D eigenvalue weighted by atomic mass is 9.77. The van der Waals surface area contributed by atoms with Crippen molar-refractivity contribution in [1.29, 1.82) is 0 Å². The van der Waals surface area contributed by atoms with Crippen LogP contribution in [0.2, 0.25) is 0 Å². The SMILES string of the molecule is COc1ccc([C@@H]2[C@@H](c3ccc(OCc4ccccc4)cc3)C(=O)N2c2cc(OC)c(OC)c(OC)c2)cc1O. The van der Waals surface area contributed by atoms with Gasteiger partial charge in [0.15, 0.2) is 23.0 Å². The van der Waals surface area contributed by atoms with Gasteiger partial charge in [0.2, 0.25) is 11.7 Å². The van der Waals surface area contributed by atoms with Crippen molar-refractivity contribution in [2.75, 3.05) is 33.3 Å². The van der Waals surface area contributed by atoms with Crippen LogP contribution in [0.15, 0.2) is 84.9 Å². The van der Waals surface area contributed by atoms with E-state index in [2.05, 4.69) is 0 Å². The summed E-state index contributed by atoms with van der Waals surface area (Å²) in [6, 6.07) is 25.7. The third-order valence-electron chi connectivity index (χ3n) is 7.06. The summed E-state index contributed by atoms with van der Waals surface area (Å²) < 4.78 is 27.7. The van der Waals surface area contributed by atoms with Crippen molar-refractivity contribution >= 4 is 11.6 Å². The van der Waals surface area contributed by atoms with Gasteiger partial charge in [-0.3, -0.25) is 4.79 Å². The van der Waals surface area contributed by atoms with E-state index >= 15 is 0 Å². The molecule has 1 N–H and O–H groups in total. The average molecular weight is 542 g/mol. The molecule has 5 rings (SSSR count). The molecule has 8 heteroatoms. The standard InChI is InChI=1S/C32H31NO7/c1-36-26-15-12-22(16-25(26)34)30-29(21-10-13-24(14-11-21)40-19-20-8-6-5-7-9-20)32(35)33(30)23-17-27(37-2)31(39-4)28(18-23)38-3/h5-18,29-30,34H,19H2,1-4H3/t29-,30-/m1/s1. The van der Waals surface area contributed by atoms with Crippen LogP contribution in [0, 0.1) is 0 Å². The lowest BCUT2D eigenvalue weighted by molar-refractivity contribution is -0.126. The number of hydrogen-bond donors (Lipinski definition) is 1. The Morgan fingerprint density at radius 1 is 0.725 bits per heavy atom. The van der Waals surface area contributed by atoms with Crippen LogP contribution in [0.4, 0.5) is 5.69 Å². The molecule has 1 aliphatic rings. The number of ether oxygens (including phenoxy) is 5. The Hall–Kier alpha value is -4.85. The van der Waals surface area contributed by atoms with Gasteiger partial charge in [0.05, 0.1) is 46.1 Å². The zero-order chi connectivity index (χ0) is 28.2. The van der Waals surface area contributed by atoms with Crippen LogP contribution in [0.5, 0.6) is 34.5 Å². The van der Waals surface area contributed by atoms with E-state index in [4.69, 9.17) is 23.7 Å². The van der Waals surface area contributed by atoms with Gasteiger partial charge in [-0.2, -0.15) is 0 Å². The predicted molar refractivity (Wildman–Crippen MR) is 151 cm³/mol. The lowest BCUT2D eigenvalue weighted by Gasteiger charge is -2.48. The van der Waals surface area contributed by atoms with Crippen LogP contribution in [-0.2, 0) is 11.4 Å². The fourth-order valence-electron chi connectivity index (χ4n) is 5.05. The Kier molecular flexibility index (Phi) is 7.68. The number of phenolic OH excluding ortho intramolecular Hbond substituents is 1. The van der Waals surface area contributed by atoms with Gasteiger partial charge in [-0.05, 0) is 41.0 Å². The van der Waals surface area contributed by atoms with Crippen molar-refractivity contribution in [3.63, 3.8) is 0 Å². The average Bonchev–Trinajstić information content (AvgIpc) is 2.99. The third-order valence-corrected chi connectivity index (χ3v) is 7.06. The number of aromatic hydroxyl groups is 1. The second kappa shape index (κ2) is 11.5. The van der Waals surface area contributed by atoms with E-state index in [-0.39, 0.29) is 11.7 Å². The molecule has 4 aromatic carbocycles. The Balaban J connectivity index is 1.49. The number of anilines is 1. The summed E-state index contributed by atoms with van der Waals surface area (Å²) in [6.45, 7) is 0.450. The number of rotatable bonds is 10. The number of methoxy groups -OCH3 is 4. The van der Waals surface area contributed by atoms with Crippen molar-refractivity contribution in [3.05, 3.63) is 102 Å². The molecule has 1 heterocycles. The Bertz CT molecular complexity index is 1460. The molecule has 1 fully saturated rings. The number of hydrogen-bond acceptors (Lipinski definition) is 7. The van der Waals surface area contributed by atoms with Crippen LogP contribution in [0.25, 0.3) is 0 Å². The zero-order valence-electron chi connectivity index (χ0n) is 22.8. The molecule has 0 unspecified atom stereocenters. The molecule has 0 bridgehead atoms. The number of nitrogens with zero attached hydrogens (tertiary/aromatic N) is 1. The lowest BCUT2D eigenvalue weighted by Crippen LogP contribution is -2.53. The van der Waals surface area contributed by atoms with E-state index in [0.29, 0.717) is 41.0 Å². The van der Waals surface area contributed by atoms with Gasteiger partial charge in [0, 0.05) is 12.1 Å². The van der Waals surface area contributed by atoms with E-state index in [1.807, 2.05) is 60.7 Å². The number of β-lactam (4-membered cyclic amide) rings is 1. The molecule has 40 heavy (non-hydrogen) atoms. The van der Waals surface area contributed by atoms with Gasteiger partial charge in [0.25, 0.3) is 0 Å². The second-order valence-electron chi connectivity index (χ2n) is 9.29. The molecular formula is C32H31NO7. The highest BCUT2D eigenvalue weighted by atomic mass is 16.5. The van der Waals surface area contributed by atoms with Gasteiger partial charge in [0.1, 0.15) is 12.4 Å². The van der Waals surface area contributed by atoms with Crippen LogP contribution < -0.4 is 28.6 Å². The first kappa shape index (κ1) is 26.7. The van der Waals surface area contributed by atoms with Crippen LogP contribution in [-0.4, -0.2) is 39.5 Å². The van der Waals surface area contributed by atoms with Crippen molar-refractivity contribution < 1.29 is 33.6 Å². The fraction of sp³-hybridized carbons (Fsp3) is 0.219. The molecule has 0 aliphatic carbocycles. The fourth-order valence-corrected chi connectivity index (χ4v) is 5.05. The van der Waals surface area contributed by atoms with Crippen LogP contribution in [0.3, 0.4) is 0 Å². The van der Waals surface area contributed by atoms with Gasteiger partial charge < -0.3 is 33.7 Å². The quantitative estimate of drug-likeness (QED) is 0.251. The summed E-state index contributed by atoms with van der Waals surface area (Å²) in [4.78, 5) is 15.5. The molecule has 4 aromatic rings. The van der Waals surface area contributed by atoms with E-state index in [9.17, 15) is 9.90 Å². The van der Waals surface area contributed by atoms with Crippen LogP contribution >= 0.6 is 0 Å². The molecule has 0 aromatic heterocycles. The molecular weight excluding hydrogens is 510 g/mol. The van der Waals surface area contributed by atoms with Crippen molar-refractivity contribution in [2.45, 2.75) is 18.6 Å². The highest BCUT2D eigenvalue weighted by Crippen LogP contribution is 2.52. The van der Waals surface area contributed by atoms with E-state index in [1.165, 1.54) is 28.4 Å². The maximum Gasteiger partial charge on any atom is 0.237 e. The first-order valence-electron chi connectivity index (χ1n) is 12.8. The first-order chi connectivity index (χ1) is 19.5. The minimum atomic E-state index is -0.491. The summed E-state index contributed by atoms with van der Waals surface area (Å²) in [7, 11) is 6.08. The number of carbonyl (C=O) groups is 1. The molecule has 0 spiro atoms. The summed E-state index contributed by atoms with van der Waals surface area (Å²) >= 11 is 0. The summed E-state index contributed by atoms with van der Waals surface area (Å²) in [5.41, 5.74) is 3.24. The molecule has 206 valence electrons. The largest absolute Gasteiger partial charge is 0.504 e. The first-order valence-corrected chi connectivity index (χ1v) is 12.8. The normalized spacial score (nSPS) is 16.2. The summed E-state index contributed by atoms with van der Waals surface area (Å²) in [5.74, 6) is 1.76. The smallest absolute Gasteiger partial charge is 0.237 e. The molecule has 1 saturated heterocycles. The summed E-state index contributed by atoms with van der Waals surface area (Å²) in [5, 5.41) is 10.6. The second-order valence-corrected chi connectivity index (χ2v) is 9.29. The Morgan fingerprint density at radius 2 is 1.35 bits per heavy atom. The van der Waals surface area contributed by atoms with Crippen molar-refractivity contribution in [1.82, 2.24) is 0 Å². The highest BCUT2D eigenvalue weighted by molar-refractivity contribution is 6.07. The maximum absolute atomic E-state index is 13.8. The number of amides is 1. The highest BCUT2D eigenvalue weighted by Gasteiger charge is 2.50. The van der Waals surface area contributed by atoms with Gasteiger partial charge in [-0.25, -0.2) is 0 Å². The molecule has 1 aliphatic heterocycles. The number of phenols is 1. The van der Waals surface area contributed by atoms with E-state index in [0.717, 1.165) is 16.7 Å². The molecule has 0 radical (unpaired) electrons. The van der Waals surface area contributed by atoms with Crippen molar-refractivity contribution in [3.8, 4) is 34.5 Å². The third kappa shape index (κ3) is 4.96. The van der Waals surface area contributed by atoms with Gasteiger partial charge in [-0.1, -0.05) is 48.5 Å². The minimum Gasteiger partial charge on any atom is -0.504 e. The van der Waals surface area contributed by atoms with Gasteiger partial charge in [-0.15, -0.1) is 0 Å². The Morgan fingerprint density at radius 3 is 1.93 bits per heavy atom. The Labute approximate surface area is 233 Å². The minimum absolute atomic E-state index is 0.00685. The molecule has 8 nitrogen and oxygen atoms in total. The number of benzene rings is 4. The maximum atomic E-state index is 13.8. The van der Waals surface area contributed by atoms with E-state index in [1.54, 1.807) is 29.2 Å². The zero-order valence-corrected chi connectivity index (χ0v) is 22.8. The van der Waals surface area contributed by atoms with Crippen molar-refractivity contribution in [2.24, 2.45) is 0 Å².